The standard InChI is InChI=1S/C25H28N2O2/c1-19(28)26-25(23-9-3-2-4-10-23)13-15-27(16-14-25)18-24(29)22-12-11-20-7-5-6-8-21(20)17-22/h2-12,17,24,29H,13-16,18H2,1H3,(H,26,28). The molecule has 0 bridgehead atoms. The van der Waals surface area contributed by atoms with Crippen molar-refractivity contribution in [3.8, 4) is 0 Å². The zero-order valence-electron chi connectivity index (χ0n) is 16.8. The quantitative estimate of drug-likeness (QED) is 0.695. The minimum Gasteiger partial charge on any atom is -0.387 e. The van der Waals surface area contributed by atoms with E-state index >= 15 is 0 Å². The van der Waals surface area contributed by atoms with Crippen LogP contribution in [0.1, 0.15) is 37.0 Å². The Morgan fingerprint density at radius 2 is 1.66 bits per heavy atom. The van der Waals surface area contributed by atoms with Crippen LogP contribution in [0.3, 0.4) is 0 Å². The Balaban J connectivity index is 1.44. The van der Waals surface area contributed by atoms with Crippen LogP contribution < -0.4 is 5.32 Å². The largest absolute Gasteiger partial charge is 0.387 e. The molecule has 2 N–H and O–H groups in total. The molecule has 1 aliphatic rings. The Kier molecular flexibility index (Phi) is 5.65. The third kappa shape index (κ3) is 4.34. The van der Waals surface area contributed by atoms with E-state index in [4.69, 9.17) is 0 Å². The molecule has 1 amide bonds. The van der Waals surface area contributed by atoms with Crippen molar-refractivity contribution >= 4 is 16.7 Å². The zero-order valence-corrected chi connectivity index (χ0v) is 16.8. The molecule has 0 saturated carbocycles. The molecule has 1 fully saturated rings. The molecule has 1 saturated heterocycles. The van der Waals surface area contributed by atoms with E-state index in [0.717, 1.165) is 42.4 Å². The number of aliphatic hydroxyl groups is 1. The SMILES string of the molecule is CC(=O)NC1(c2ccccc2)CCN(CC(O)c2ccc3ccccc3c2)CC1. The van der Waals surface area contributed by atoms with Gasteiger partial charge in [0.2, 0.25) is 5.91 Å². The third-order valence-electron chi connectivity index (χ3n) is 6.04. The van der Waals surface area contributed by atoms with Gasteiger partial charge in [0.1, 0.15) is 0 Å². The van der Waals surface area contributed by atoms with Crippen molar-refractivity contribution in [2.75, 3.05) is 19.6 Å². The van der Waals surface area contributed by atoms with Gasteiger partial charge in [0.05, 0.1) is 11.6 Å². The van der Waals surface area contributed by atoms with Gasteiger partial charge < -0.3 is 15.3 Å². The van der Waals surface area contributed by atoms with Crippen molar-refractivity contribution in [1.82, 2.24) is 10.2 Å². The fourth-order valence-electron chi connectivity index (χ4n) is 4.46. The van der Waals surface area contributed by atoms with Gasteiger partial charge in [-0.25, -0.2) is 0 Å². The van der Waals surface area contributed by atoms with Gasteiger partial charge in [0.25, 0.3) is 0 Å². The Morgan fingerprint density at radius 1 is 1.00 bits per heavy atom. The van der Waals surface area contributed by atoms with Gasteiger partial charge in [-0.2, -0.15) is 0 Å². The van der Waals surface area contributed by atoms with Gasteiger partial charge in [0.15, 0.2) is 0 Å². The average Bonchev–Trinajstić information content (AvgIpc) is 2.75. The molecular weight excluding hydrogens is 360 g/mol. The van der Waals surface area contributed by atoms with Gasteiger partial charge in [-0.15, -0.1) is 0 Å². The summed E-state index contributed by atoms with van der Waals surface area (Å²) in [6.07, 6.45) is 1.15. The maximum Gasteiger partial charge on any atom is 0.217 e. The number of carbonyl (C=O) groups is 1. The molecule has 29 heavy (non-hydrogen) atoms. The van der Waals surface area contributed by atoms with Crippen molar-refractivity contribution < 1.29 is 9.90 Å². The number of nitrogens with one attached hydrogen (secondary N) is 1. The molecule has 1 heterocycles. The number of fused-ring (bicyclic) bond motifs is 1. The van der Waals surface area contributed by atoms with Crippen molar-refractivity contribution in [2.45, 2.75) is 31.4 Å². The molecule has 1 aliphatic heterocycles. The molecule has 1 atom stereocenters. The number of aliphatic hydroxyl groups excluding tert-OH is 1. The molecule has 3 aromatic rings. The summed E-state index contributed by atoms with van der Waals surface area (Å²) >= 11 is 0. The highest BCUT2D eigenvalue weighted by Crippen LogP contribution is 2.33. The molecule has 3 aromatic carbocycles. The number of carbonyl (C=O) groups excluding carboxylic acids is 1. The topological polar surface area (TPSA) is 52.6 Å². The lowest BCUT2D eigenvalue weighted by Crippen LogP contribution is -2.53. The molecule has 1 unspecified atom stereocenters. The van der Waals surface area contributed by atoms with Crippen LogP contribution in [-0.2, 0) is 10.3 Å². The average molecular weight is 389 g/mol. The zero-order chi connectivity index (χ0) is 20.3. The summed E-state index contributed by atoms with van der Waals surface area (Å²) in [4.78, 5) is 14.2. The maximum atomic E-state index is 11.9. The lowest BCUT2D eigenvalue weighted by atomic mass is 9.80. The summed E-state index contributed by atoms with van der Waals surface area (Å²) in [5.74, 6) is -0.00139. The molecule has 4 nitrogen and oxygen atoms in total. The van der Waals surface area contributed by atoms with E-state index < -0.39 is 6.10 Å². The Labute approximate surface area is 172 Å². The van der Waals surface area contributed by atoms with Crippen molar-refractivity contribution in [3.05, 3.63) is 83.9 Å². The van der Waals surface area contributed by atoms with Gasteiger partial charge in [-0.1, -0.05) is 66.7 Å². The van der Waals surface area contributed by atoms with E-state index in [1.54, 1.807) is 6.92 Å². The molecule has 0 aliphatic carbocycles. The summed E-state index contributed by atoms with van der Waals surface area (Å²) in [5, 5.41) is 16.4. The first kappa shape index (κ1) is 19.6. The van der Waals surface area contributed by atoms with Crippen LogP contribution in [0.5, 0.6) is 0 Å². The van der Waals surface area contributed by atoms with E-state index in [0.29, 0.717) is 6.54 Å². The van der Waals surface area contributed by atoms with Gasteiger partial charge in [-0.05, 0) is 40.8 Å². The van der Waals surface area contributed by atoms with Crippen molar-refractivity contribution in [1.29, 1.82) is 0 Å². The highest BCUT2D eigenvalue weighted by Gasteiger charge is 2.37. The normalized spacial score (nSPS) is 17.7. The fraction of sp³-hybridized carbons (Fsp3) is 0.320. The smallest absolute Gasteiger partial charge is 0.217 e. The molecule has 4 heteroatoms. The summed E-state index contributed by atoms with van der Waals surface area (Å²) in [7, 11) is 0. The van der Waals surface area contributed by atoms with Crippen LogP contribution in [0.2, 0.25) is 0 Å². The first-order chi connectivity index (χ1) is 14.1. The number of benzene rings is 3. The first-order valence-electron chi connectivity index (χ1n) is 10.3. The summed E-state index contributed by atoms with van der Waals surface area (Å²) in [6, 6.07) is 24.6. The summed E-state index contributed by atoms with van der Waals surface area (Å²) < 4.78 is 0. The number of hydrogen-bond acceptors (Lipinski definition) is 3. The number of hydrogen-bond donors (Lipinski definition) is 2. The second-order valence-electron chi connectivity index (χ2n) is 8.05. The van der Waals surface area contributed by atoms with Crippen molar-refractivity contribution in [3.63, 3.8) is 0 Å². The van der Waals surface area contributed by atoms with Gasteiger partial charge >= 0.3 is 0 Å². The van der Waals surface area contributed by atoms with E-state index in [-0.39, 0.29) is 11.4 Å². The Hall–Kier alpha value is -2.69. The predicted octanol–water partition coefficient (Wildman–Crippen LogP) is 4.00. The lowest BCUT2D eigenvalue weighted by molar-refractivity contribution is -0.121. The predicted molar refractivity (Wildman–Crippen MR) is 117 cm³/mol. The number of nitrogens with zero attached hydrogens (tertiary/aromatic N) is 1. The van der Waals surface area contributed by atoms with E-state index in [2.05, 4.69) is 46.6 Å². The molecule has 0 aromatic heterocycles. The second kappa shape index (κ2) is 8.36. The number of piperidine rings is 1. The Morgan fingerprint density at radius 3 is 2.34 bits per heavy atom. The van der Waals surface area contributed by atoms with Crippen LogP contribution in [-0.4, -0.2) is 35.5 Å². The van der Waals surface area contributed by atoms with Crippen molar-refractivity contribution in [2.24, 2.45) is 0 Å². The van der Waals surface area contributed by atoms with E-state index in [1.807, 2.05) is 36.4 Å². The minimum absolute atomic E-state index is 0.00139. The number of amides is 1. The Bertz CT molecular complexity index is 978. The van der Waals surface area contributed by atoms with Crippen LogP contribution in [0, 0.1) is 0 Å². The summed E-state index contributed by atoms with van der Waals surface area (Å²) in [6.45, 7) is 3.85. The molecule has 150 valence electrons. The van der Waals surface area contributed by atoms with Crippen LogP contribution >= 0.6 is 0 Å². The lowest BCUT2D eigenvalue weighted by Gasteiger charge is -2.43. The first-order valence-corrected chi connectivity index (χ1v) is 10.3. The highest BCUT2D eigenvalue weighted by atomic mass is 16.3. The van der Waals surface area contributed by atoms with Gasteiger partial charge in [0, 0.05) is 26.6 Å². The number of rotatable bonds is 5. The van der Waals surface area contributed by atoms with Crippen LogP contribution in [0.15, 0.2) is 72.8 Å². The highest BCUT2D eigenvalue weighted by molar-refractivity contribution is 5.83. The van der Waals surface area contributed by atoms with Crippen LogP contribution in [0.25, 0.3) is 10.8 Å². The summed E-state index contributed by atoms with van der Waals surface area (Å²) in [5.41, 5.74) is 1.78. The number of β-amino-alcohol motifs (C(OH)–C–C–N with tert-alkyl or cyclic N) is 1. The molecule has 0 spiro atoms. The maximum absolute atomic E-state index is 11.9. The van der Waals surface area contributed by atoms with Crippen LogP contribution in [0.4, 0.5) is 0 Å². The fourth-order valence-corrected chi connectivity index (χ4v) is 4.46. The van der Waals surface area contributed by atoms with E-state index in [9.17, 15) is 9.90 Å². The molecular formula is C25H28N2O2. The number of likely N-dealkylation sites (tertiary alicyclic amines) is 1. The monoisotopic (exact) mass is 388 g/mol. The third-order valence-corrected chi connectivity index (χ3v) is 6.04. The van der Waals surface area contributed by atoms with Gasteiger partial charge in [-0.3, -0.25) is 4.79 Å². The molecule has 4 rings (SSSR count). The minimum atomic E-state index is -0.524. The molecule has 0 radical (unpaired) electrons. The van der Waals surface area contributed by atoms with E-state index in [1.165, 1.54) is 5.39 Å². The second-order valence-corrected chi connectivity index (χ2v) is 8.05.